The molecule has 0 saturated heterocycles. The van der Waals surface area contributed by atoms with E-state index < -0.39 is 12.6 Å². The van der Waals surface area contributed by atoms with Crippen molar-refractivity contribution >= 4 is 22.8 Å². The highest BCUT2D eigenvalue weighted by Crippen LogP contribution is 2.38. The van der Waals surface area contributed by atoms with Crippen LogP contribution in [0.15, 0.2) is 53.6 Å². The lowest BCUT2D eigenvalue weighted by Gasteiger charge is -2.14. The van der Waals surface area contributed by atoms with Crippen LogP contribution in [0.3, 0.4) is 0 Å². The van der Waals surface area contributed by atoms with Gasteiger partial charge in [-0.05, 0) is 17.7 Å². The normalized spacial score (nSPS) is 16.2. The molecule has 0 fully saturated rings. The van der Waals surface area contributed by atoms with Gasteiger partial charge in [-0.2, -0.15) is 5.10 Å². The summed E-state index contributed by atoms with van der Waals surface area (Å²) >= 11 is 1.61. The van der Waals surface area contributed by atoms with Crippen molar-refractivity contribution in [3.63, 3.8) is 0 Å². The van der Waals surface area contributed by atoms with Crippen molar-refractivity contribution in [1.29, 1.82) is 0 Å². The summed E-state index contributed by atoms with van der Waals surface area (Å²) in [6.07, 6.45) is 0. The first-order chi connectivity index (χ1) is 11.7. The van der Waals surface area contributed by atoms with Crippen molar-refractivity contribution in [3.05, 3.63) is 59.7 Å². The number of hydrazone groups is 1. The van der Waals surface area contributed by atoms with E-state index in [0.29, 0.717) is 11.5 Å². The quantitative estimate of drug-likeness (QED) is 0.839. The molecule has 0 unspecified atom stereocenters. The van der Waals surface area contributed by atoms with Gasteiger partial charge in [0, 0.05) is 5.56 Å². The summed E-state index contributed by atoms with van der Waals surface area (Å²) < 4.78 is 10.5. The molecule has 7 heteroatoms. The Kier molecular flexibility index (Phi) is 4.90. The molecule has 0 radical (unpaired) electrons. The highest BCUT2D eigenvalue weighted by Gasteiger charge is 2.23. The van der Waals surface area contributed by atoms with Gasteiger partial charge < -0.3 is 14.6 Å². The standard InChI is InChI=1S/C17H16N2O4S/c1-22-14-9-12(7-8-13(14)23-10-15(20)21)17-19-18-16(24-17)11-5-3-2-4-6-11/h2-9,17,19H,10H2,1H3,(H,20,21)/t17-/m0/s1. The monoisotopic (exact) mass is 344 g/mol. The number of carboxylic acids is 1. The fourth-order valence-electron chi connectivity index (χ4n) is 2.24. The number of nitrogens with one attached hydrogen (secondary N) is 1. The second-order valence-electron chi connectivity index (χ2n) is 5.00. The summed E-state index contributed by atoms with van der Waals surface area (Å²) in [6, 6.07) is 15.3. The molecule has 0 bridgehead atoms. The van der Waals surface area contributed by atoms with Gasteiger partial charge in [0.2, 0.25) is 0 Å². The lowest BCUT2D eigenvalue weighted by atomic mass is 10.2. The van der Waals surface area contributed by atoms with Crippen LogP contribution in [-0.4, -0.2) is 29.8 Å². The molecular weight excluding hydrogens is 328 g/mol. The minimum Gasteiger partial charge on any atom is -0.493 e. The Balaban J connectivity index is 1.73. The minimum atomic E-state index is -1.03. The lowest BCUT2D eigenvalue weighted by molar-refractivity contribution is -0.139. The molecule has 124 valence electrons. The molecular formula is C17H16N2O4S. The zero-order valence-electron chi connectivity index (χ0n) is 12.9. The van der Waals surface area contributed by atoms with E-state index in [1.165, 1.54) is 7.11 Å². The summed E-state index contributed by atoms with van der Waals surface area (Å²) in [7, 11) is 1.52. The molecule has 0 aromatic heterocycles. The van der Waals surface area contributed by atoms with E-state index in [-0.39, 0.29) is 5.37 Å². The first kappa shape index (κ1) is 16.2. The highest BCUT2D eigenvalue weighted by molar-refractivity contribution is 8.14. The van der Waals surface area contributed by atoms with E-state index in [2.05, 4.69) is 10.5 Å². The van der Waals surface area contributed by atoms with Gasteiger partial charge in [0.25, 0.3) is 0 Å². The summed E-state index contributed by atoms with van der Waals surface area (Å²) in [6.45, 7) is -0.409. The van der Waals surface area contributed by atoms with Crippen molar-refractivity contribution in [1.82, 2.24) is 5.43 Å². The lowest BCUT2D eigenvalue weighted by Crippen LogP contribution is -2.11. The van der Waals surface area contributed by atoms with Crippen molar-refractivity contribution in [3.8, 4) is 11.5 Å². The Labute approximate surface area is 143 Å². The molecule has 1 aliphatic rings. The van der Waals surface area contributed by atoms with Gasteiger partial charge in [-0.25, -0.2) is 4.79 Å². The van der Waals surface area contributed by atoms with Crippen LogP contribution in [0.1, 0.15) is 16.5 Å². The number of carbonyl (C=O) groups is 1. The van der Waals surface area contributed by atoms with Gasteiger partial charge in [-0.3, -0.25) is 5.43 Å². The second kappa shape index (κ2) is 7.27. The summed E-state index contributed by atoms with van der Waals surface area (Å²) in [5.74, 6) is -0.143. The van der Waals surface area contributed by atoms with Gasteiger partial charge >= 0.3 is 5.97 Å². The van der Waals surface area contributed by atoms with Crippen molar-refractivity contribution in [2.24, 2.45) is 5.10 Å². The summed E-state index contributed by atoms with van der Waals surface area (Å²) in [4.78, 5) is 10.6. The number of carboxylic acid groups (broad SMARTS) is 1. The molecule has 2 aromatic rings. The Bertz CT molecular complexity index is 764. The van der Waals surface area contributed by atoms with Crippen molar-refractivity contribution in [2.75, 3.05) is 13.7 Å². The Morgan fingerprint density at radius 1 is 1.25 bits per heavy atom. The molecule has 1 heterocycles. The van der Waals surface area contributed by atoms with Gasteiger partial charge in [0.1, 0.15) is 10.4 Å². The molecule has 2 N–H and O–H groups in total. The number of benzene rings is 2. The van der Waals surface area contributed by atoms with Crippen LogP contribution >= 0.6 is 11.8 Å². The number of hydrogen-bond donors (Lipinski definition) is 2. The number of nitrogens with zero attached hydrogens (tertiary/aromatic N) is 1. The molecule has 0 spiro atoms. The zero-order chi connectivity index (χ0) is 16.9. The third kappa shape index (κ3) is 3.62. The molecule has 6 nitrogen and oxygen atoms in total. The average Bonchev–Trinajstić information content (AvgIpc) is 3.10. The van der Waals surface area contributed by atoms with Crippen LogP contribution in [0.4, 0.5) is 0 Å². The van der Waals surface area contributed by atoms with Crippen LogP contribution in [0, 0.1) is 0 Å². The van der Waals surface area contributed by atoms with Gasteiger partial charge in [-0.1, -0.05) is 48.2 Å². The van der Waals surface area contributed by atoms with E-state index >= 15 is 0 Å². The molecule has 1 aliphatic heterocycles. The Hall–Kier alpha value is -2.67. The Morgan fingerprint density at radius 2 is 2.04 bits per heavy atom. The maximum absolute atomic E-state index is 10.6. The highest BCUT2D eigenvalue weighted by atomic mass is 32.2. The van der Waals surface area contributed by atoms with Crippen molar-refractivity contribution in [2.45, 2.75) is 5.37 Å². The van der Waals surface area contributed by atoms with Crippen LogP contribution in [0.5, 0.6) is 11.5 Å². The summed E-state index contributed by atoms with van der Waals surface area (Å²) in [5, 5.41) is 14.0. The van der Waals surface area contributed by atoms with E-state index in [4.69, 9.17) is 14.6 Å². The first-order valence-electron chi connectivity index (χ1n) is 7.25. The molecule has 1 atom stereocenters. The molecule has 3 rings (SSSR count). The summed E-state index contributed by atoms with van der Waals surface area (Å²) in [5.41, 5.74) is 5.13. The van der Waals surface area contributed by atoms with Gasteiger partial charge in [-0.15, -0.1) is 0 Å². The van der Waals surface area contributed by atoms with Crippen molar-refractivity contribution < 1.29 is 19.4 Å². The van der Waals surface area contributed by atoms with Crippen LogP contribution < -0.4 is 14.9 Å². The number of aliphatic carboxylic acids is 1. The number of methoxy groups -OCH3 is 1. The van der Waals surface area contributed by atoms with E-state index in [0.717, 1.165) is 16.2 Å². The largest absolute Gasteiger partial charge is 0.493 e. The van der Waals surface area contributed by atoms with E-state index in [9.17, 15) is 4.79 Å². The third-order valence-corrected chi connectivity index (χ3v) is 4.54. The molecule has 0 saturated carbocycles. The van der Waals surface area contributed by atoms with Gasteiger partial charge in [0.05, 0.1) is 7.11 Å². The number of rotatable bonds is 6. The zero-order valence-corrected chi connectivity index (χ0v) is 13.7. The SMILES string of the molecule is COc1cc([C@H]2NN=C(c3ccccc3)S2)ccc1OCC(=O)O. The predicted molar refractivity (Wildman–Crippen MR) is 92.6 cm³/mol. The number of thioether (sulfide) groups is 1. The number of hydrogen-bond acceptors (Lipinski definition) is 6. The predicted octanol–water partition coefficient (Wildman–Crippen LogP) is 2.86. The fraction of sp³-hybridized carbons (Fsp3) is 0.176. The third-order valence-electron chi connectivity index (χ3n) is 3.38. The first-order valence-corrected chi connectivity index (χ1v) is 8.13. The van der Waals surface area contributed by atoms with Gasteiger partial charge in [0.15, 0.2) is 18.1 Å². The van der Waals surface area contributed by atoms with E-state index in [1.807, 2.05) is 42.5 Å². The maximum atomic E-state index is 10.6. The average molecular weight is 344 g/mol. The molecule has 2 aromatic carbocycles. The molecule has 0 aliphatic carbocycles. The minimum absolute atomic E-state index is 0.0392. The molecule has 0 amide bonds. The number of ether oxygens (including phenoxy) is 2. The topological polar surface area (TPSA) is 80.1 Å². The van der Waals surface area contributed by atoms with E-state index in [1.54, 1.807) is 17.8 Å². The maximum Gasteiger partial charge on any atom is 0.341 e. The smallest absolute Gasteiger partial charge is 0.341 e. The molecule has 24 heavy (non-hydrogen) atoms. The van der Waals surface area contributed by atoms with Crippen LogP contribution in [-0.2, 0) is 4.79 Å². The Morgan fingerprint density at radius 3 is 2.75 bits per heavy atom. The van der Waals surface area contributed by atoms with Crippen LogP contribution in [0.25, 0.3) is 0 Å². The van der Waals surface area contributed by atoms with Crippen LogP contribution in [0.2, 0.25) is 0 Å². The fourth-order valence-corrected chi connectivity index (χ4v) is 3.23. The second-order valence-corrected chi connectivity index (χ2v) is 6.10.